The van der Waals surface area contributed by atoms with Crippen LogP contribution in [0.1, 0.15) is 94.4 Å². The lowest BCUT2D eigenvalue weighted by molar-refractivity contribution is -0.142. The van der Waals surface area contributed by atoms with Gasteiger partial charge in [0.05, 0.1) is 18.7 Å². The number of hydrogen-bond acceptors (Lipinski definition) is 5. The molecule has 1 rings (SSSR count). The van der Waals surface area contributed by atoms with E-state index in [2.05, 4.69) is 24.1 Å². The Morgan fingerprint density at radius 1 is 1.11 bits per heavy atom. The maximum atomic E-state index is 13.8. The molecule has 1 fully saturated rings. The third kappa shape index (κ3) is 8.62. The zero-order valence-electron chi connectivity index (χ0n) is 23.9. The van der Waals surface area contributed by atoms with Crippen LogP contribution in [0, 0.1) is 11.3 Å². The summed E-state index contributed by atoms with van der Waals surface area (Å²) in [6.45, 7) is 19.0. The van der Waals surface area contributed by atoms with Crippen LogP contribution in [0.15, 0.2) is 11.6 Å². The van der Waals surface area contributed by atoms with Gasteiger partial charge in [-0.3, -0.25) is 14.5 Å². The van der Waals surface area contributed by atoms with E-state index in [4.69, 9.17) is 4.74 Å². The Morgan fingerprint density at radius 3 is 2.20 bits per heavy atom. The van der Waals surface area contributed by atoms with Gasteiger partial charge in [0.25, 0.3) is 0 Å². The number of piperidine rings is 1. The number of likely N-dealkylation sites (tertiary alicyclic amines) is 1. The molecule has 3 unspecified atom stereocenters. The Bertz CT molecular complexity index is 737. The highest BCUT2D eigenvalue weighted by Crippen LogP contribution is 2.27. The van der Waals surface area contributed by atoms with E-state index in [1.165, 1.54) is 0 Å². The summed E-state index contributed by atoms with van der Waals surface area (Å²) >= 11 is 0. The molecule has 0 aliphatic carbocycles. The van der Waals surface area contributed by atoms with E-state index >= 15 is 0 Å². The van der Waals surface area contributed by atoms with Gasteiger partial charge in [-0.25, -0.2) is 4.79 Å². The number of carbonyl (C=O) groups excluding carboxylic acids is 3. The highest BCUT2D eigenvalue weighted by molar-refractivity contribution is 5.91. The fraction of sp³-hybridized carbons (Fsp3) is 0.821. The molecule has 1 aliphatic heterocycles. The monoisotopic (exact) mass is 493 g/mol. The topological polar surface area (TPSA) is 79.0 Å². The van der Waals surface area contributed by atoms with Gasteiger partial charge in [-0.05, 0) is 57.4 Å². The molecule has 0 aromatic heterocycles. The minimum absolute atomic E-state index is 0.0578. The van der Waals surface area contributed by atoms with Gasteiger partial charge in [-0.15, -0.1) is 0 Å². The van der Waals surface area contributed by atoms with E-state index in [-0.39, 0.29) is 35.8 Å². The first-order valence-corrected chi connectivity index (χ1v) is 13.5. The normalized spacial score (nSPS) is 19.4. The van der Waals surface area contributed by atoms with Crippen molar-refractivity contribution in [2.24, 2.45) is 11.3 Å². The average molecular weight is 494 g/mol. The van der Waals surface area contributed by atoms with Gasteiger partial charge in [0.1, 0.15) is 6.04 Å². The number of carbonyl (C=O) groups is 3. The lowest BCUT2D eigenvalue weighted by Crippen LogP contribution is -2.61. The quantitative estimate of drug-likeness (QED) is 0.337. The molecule has 1 aliphatic rings. The predicted octanol–water partition coefficient (Wildman–Crippen LogP) is 4.55. The van der Waals surface area contributed by atoms with E-state index in [1.807, 2.05) is 34.6 Å². The van der Waals surface area contributed by atoms with Gasteiger partial charge < -0.3 is 15.0 Å². The van der Waals surface area contributed by atoms with Gasteiger partial charge in [0.15, 0.2) is 0 Å². The fourth-order valence-corrected chi connectivity index (χ4v) is 4.99. The lowest BCUT2D eigenvalue weighted by Gasteiger charge is -2.42. The summed E-state index contributed by atoms with van der Waals surface area (Å²) in [5.41, 5.74) is 0.00110. The molecule has 1 N–H and O–H groups in total. The van der Waals surface area contributed by atoms with Crippen LogP contribution in [-0.2, 0) is 19.1 Å². The van der Waals surface area contributed by atoms with Crippen molar-refractivity contribution in [2.75, 3.05) is 20.2 Å². The van der Waals surface area contributed by atoms with Gasteiger partial charge in [0, 0.05) is 18.7 Å². The molecule has 7 nitrogen and oxygen atoms in total. The summed E-state index contributed by atoms with van der Waals surface area (Å²) in [5, 5.41) is 3.15. The molecule has 0 bridgehead atoms. The molecule has 0 radical (unpaired) electrons. The number of rotatable bonds is 11. The second kappa shape index (κ2) is 14.0. The van der Waals surface area contributed by atoms with Gasteiger partial charge in [0.2, 0.25) is 11.8 Å². The Kier molecular flexibility index (Phi) is 12.5. The first-order valence-electron chi connectivity index (χ1n) is 13.5. The standard InChI is InChI=1S/C28H51N3O4/c1-11-21(12-2)31-17-15-14-16-22(31)25(32)29-24(28(7,8)9)26(33)30(10)23(19(4)5)18-20(6)27(34)35-13-3/h18-19,21-24H,11-17H2,1-10H3,(H,29,32)/b20-18+. The highest BCUT2D eigenvalue weighted by atomic mass is 16.5. The molecule has 0 aromatic carbocycles. The van der Waals surface area contributed by atoms with Crippen LogP contribution in [0.4, 0.5) is 0 Å². The Morgan fingerprint density at radius 2 is 1.71 bits per heavy atom. The van der Waals surface area contributed by atoms with Crippen LogP contribution in [0.5, 0.6) is 0 Å². The predicted molar refractivity (Wildman–Crippen MR) is 142 cm³/mol. The van der Waals surface area contributed by atoms with Crippen LogP contribution in [-0.4, -0.2) is 72.0 Å². The Hall–Kier alpha value is -1.89. The van der Waals surface area contributed by atoms with Crippen LogP contribution in [0.2, 0.25) is 0 Å². The molecule has 1 saturated heterocycles. The third-order valence-electron chi connectivity index (χ3n) is 7.15. The number of hydrogen-bond donors (Lipinski definition) is 1. The van der Waals surface area contributed by atoms with Crippen molar-refractivity contribution in [1.29, 1.82) is 0 Å². The minimum atomic E-state index is -0.678. The van der Waals surface area contributed by atoms with Crippen LogP contribution < -0.4 is 5.32 Å². The minimum Gasteiger partial charge on any atom is -0.463 e. The van der Waals surface area contributed by atoms with Gasteiger partial charge in [-0.2, -0.15) is 0 Å². The zero-order chi connectivity index (χ0) is 26.9. The van der Waals surface area contributed by atoms with Crippen molar-refractivity contribution < 1.29 is 19.1 Å². The maximum absolute atomic E-state index is 13.8. The van der Waals surface area contributed by atoms with Crippen molar-refractivity contribution in [3.8, 4) is 0 Å². The summed E-state index contributed by atoms with van der Waals surface area (Å²) < 4.78 is 5.12. The van der Waals surface area contributed by atoms with E-state index in [0.717, 1.165) is 38.6 Å². The Labute approximate surface area is 214 Å². The lowest BCUT2D eigenvalue weighted by atomic mass is 9.84. The molecular formula is C28H51N3O4. The van der Waals surface area contributed by atoms with Crippen molar-refractivity contribution in [1.82, 2.24) is 15.1 Å². The summed E-state index contributed by atoms with van der Waals surface area (Å²) in [4.78, 5) is 43.6. The smallest absolute Gasteiger partial charge is 0.333 e. The number of amides is 2. The first-order chi connectivity index (χ1) is 16.3. The summed E-state index contributed by atoms with van der Waals surface area (Å²) in [6.07, 6.45) is 6.76. The summed E-state index contributed by atoms with van der Waals surface area (Å²) in [6, 6.07) is -0.810. The molecule has 2 amide bonds. The van der Waals surface area contributed by atoms with Crippen LogP contribution in [0.25, 0.3) is 0 Å². The molecule has 202 valence electrons. The van der Waals surface area contributed by atoms with Crippen molar-refractivity contribution in [3.05, 3.63) is 11.6 Å². The first kappa shape index (κ1) is 31.1. The van der Waals surface area contributed by atoms with E-state index < -0.39 is 11.5 Å². The van der Waals surface area contributed by atoms with Crippen LogP contribution in [0.3, 0.4) is 0 Å². The fourth-order valence-electron chi connectivity index (χ4n) is 4.99. The number of likely N-dealkylation sites (N-methyl/N-ethyl adjacent to an activating group) is 1. The van der Waals surface area contributed by atoms with E-state index in [9.17, 15) is 14.4 Å². The molecular weight excluding hydrogens is 442 g/mol. The summed E-state index contributed by atoms with van der Waals surface area (Å²) in [7, 11) is 1.75. The number of nitrogens with zero attached hydrogens (tertiary/aromatic N) is 2. The molecule has 7 heteroatoms. The van der Waals surface area contributed by atoms with Crippen LogP contribution >= 0.6 is 0 Å². The SMILES string of the molecule is CCOC(=O)/C(C)=C/C(C(C)C)N(C)C(=O)C(NC(=O)C1CCCCN1C(CC)CC)C(C)(C)C. The molecule has 0 spiro atoms. The Balaban J connectivity index is 3.19. The second-order valence-corrected chi connectivity index (χ2v) is 11.3. The van der Waals surface area contributed by atoms with Gasteiger partial charge in [-0.1, -0.05) is 61.0 Å². The van der Waals surface area contributed by atoms with E-state index in [0.29, 0.717) is 18.2 Å². The van der Waals surface area contributed by atoms with Crippen molar-refractivity contribution in [3.63, 3.8) is 0 Å². The largest absolute Gasteiger partial charge is 0.463 e. The molecule has 0 saturated carbocycles. The third-order valence-corrected chi connectivity index (χ3v) is 7.15. The van der Waals surface area contributed by atoms with Crippen molar-refractivity contribution in [2.45, 2.75) is 119 Å². The average Bonchev–Trinajstić information content (AvgIpc) is 2.80. The molecule has 0 aromatic rings. The number of esters is 1. The summed E-state index contributed by atoms with van der Waals surface area (Å²) in [5.74, 6) is -0.508. The number of nitrogens with one attached hydrogen (secondary N) is 1. The number of ether oxygens (including phenoxy) is 1. The molecule has 3 atom stereocenters. The maximum Gasteiger partial charge on any atom is 0.333 e. The van der Waals surface area contributed by atoms with E-state index in [1.54, 1.807) is 31.9 Å². The highest BCUT2D eigenvalue weighted by Gasteiger charge is 2.40. The van der Waals surface area contributed by atoms with Crippen molar-refractivity contribution >= 4 is 17.8 Å². The zero-order valence-corrected chi connectivity index (χ0v) is 23.9. The second-order valence-electron chi connectivity index (χ2n) is 11.3. The molecule has 1 heterocycles. The molecule has 35 heavy (non-hydrogen) atoms. The van der Waals surface area contributed by atoms with Gasteiger partial charge >= 0.3 is 5.97 Å².